The predicted octanol–water partition coefficient (Wildman–Crippen LogP) is 3.53. The molecule has 26 heavy (non-hydrogen) atoms. The summed E-state index contributed by atoms with van der Waals surface area (Å²) in [5.41, 5.74) is 0.806. The van der Waals surface area contributed by atoms with E-state index in [1.807, 2.05) is 0 Å². The quantitative estimate of drug-likeness (QED) is 0.776. The Morgan fingerprint density at radius 2 is 1.88 bits per heavy atom. The number of halogens is 1. The van der Waals surface area contributed by atoms with Crippen LogP contribution in [-0.2, 0) is 14.8 Å². The second kappa shape index (κ2) is 8.42. The van der Waals surface area contributed by atoms with Gasteiger partial charge >= 0.3 is 0 Å². The second-order valence-corrected chi connectivity index (χ2v) is 7.95. The molecule has 0 saturated heterocycles. The van der Waals surface area contributed by atoms with Crippen LogP contribution in [0.5, 0.6) is 5.75 Å². The normalized spacial score (nSPS) is 12.3. The van der Waals surface area contributed by atoms with E-state index < -0.39 is 22.0 Å². The lowest BCUT2D eigenvalue weighted by atomic mass is 10.1. The maximum Gasteiger partial charge on any atom is 0.248 e. The number of carbonyl (C=O) groups excluding carboxylic acids is 1. The minimum Gasteiger partial charge on any atom is -0.495 e. The number of ether oxygens (including phenoxy) is 1. The van der Waals surface area contributed by atoms with Gasteiger partial charge in [0.1, 0.15) is 11.8 Å². The van der Waals surface area contributed by atoms with Gasteiger partial charge in [0.15, 0.2) is 0 Å². The van der Waals surface area contributed by atoms with E-state index >= 15 is 0 Å². The van der Waals surface area contributed by atoms with Crippen LogP contribution >= 0.6 is 11.6 Å². The largest absolute Gasteiger partial charge is 0.495 e. The molecule has 2 aromatic rings. The summed E-state index contributed by atoms with van der Waals surface area (Å²) in [7, 11) is -2.20. The number of amides is 1. The number of nitrogens with zero attached hydrogens (tertiary/aromatic N) is 1. The van der Waals surface area contributed by atoms with Crippen molar-refractivity contribution in [3.8, 4) is 5.75 Å². The zero-order valence-electron chi connectivity index (χ0n) is 14.8. The fourth-order valence-electron chi connectivity index (χ4n) is 2.63. The SMILES string of the molecule is CC[C@@H](C(=O)Nc1cc(Cl)ccc1OC)N(c1ccccc1)S(C)(=O)=O. The van der Waals surface area contributed by atoms with E-state index in [1.54, 1.807) is 55.5 Å². The predicted molar refractivity (Wildman–Crippen MR) is 104 cm³/mol. The Labute approximate surface area is 158 Å². The van der Waals surface area contributed by atoms with Crippen molar-refractivity contribution in [2.45, 2.75) is 19.4 Å². The molecule has 1 N–H and O–H groups in total. The smallest absolute Gasteiger partial charge is 0.248 e. The molecule has 2 aromatic carbocycles. The molecule has 0 bridgehead atoms. The molecule has 0 aliphatic heterocycles. The van der Waals surface area contributed by atoms with Gasteiger partial charge in [-0.25, -0.2) is 8.42 Å². The van der Waals surface area contributed by atoms with Gasteiger partial charge in [0.25, 0.3) is 0 Å². The van der Waals surface area contributed by atoms with E-state index in [-0.39, 0.29) is 6.42 Å². The zero-order chi connectivity index (χ0) is 19.3. The first kappa shape index (κ1) is 20.1. The highest BCUT2D eigenvalue weighted by Gasteiger charge is 2.31. The molecular weight excluding hydrogens is 376 g/mol. The van der Waals surface area contributed by atoms with Gasteiger partial charge in [-0.15, -0.1) is 0 Å². The van der Waals surface area contributed by atoms with Crippen molar-refractivity contribution in [1.82, 2.24) is 0 Å². The molecule has 0 aliphatic rings. The lowest BCUT2D eigenvalue weighted by Gasteiger charge is -2.30. The minimum atomic E-state index is -3.68. The van der Waals surface area contributed by atoms with Crippen LogP contribution in [0, 0.1) is 0 Å². The molecule has 0 heterocycles. The van der Waals surface area contributed by atoms with Gasteiger partial charge in [0, 0.05) is 5.02 Å². The summed E-state index contributed by atoms with van der Waals surface area (Å²) in [4.78, 5) is 12.9. The first-order chi connectivity index (χ1) is 12.3. The molecular formula is C18H21ClN2O4S. The standard InChI is InChI=1S/C18H21ClN2O4S/c1-4-16(21(26(3,23)24)14-8-6-5-7-9-14)18(22)20-15-12-13(19)10-11-17(15)25-2/h5-12,16H,4H2,1-3H3,(H,20,22)/t16-/m0/s1. The van der Waals surface area contributed by atoms with Gasteiger partial charge in [-0.1, -0.05) is 36.7 Å². The molecule has 0 aliphatic carbocycles. The molecule has 0 unspecified atom stereocenters. The number of anilines is 2. The summed E-state index contributed by atoms with van der Waals surface area (Å²) in [5.74, 6) is -0.0365. The molecule has 1 amide bonds. The summed E-state index contributed by atoms with van der Waals surface area (Å²) in [5, 5.41) is 3.15. The van der Waals surface area contributed by atoms with Crippen molar-refractivity contribution in [2.75, 3.05) is 23.0 Å². The highest BCUT2D eigenvalue weighted by molar-refractivity contribution is 7.92. The van der Waals surface area contributed by atoms with Crippen molar-refractivity contribution in [3.05, 3.63) is 53.6 Å². The summed E-state index contributed by atoms with van der Waals surface area (Å²) in [6.45, 7) is 1.75. The fraction of sp³-hybridized carbons (Fsp3) is 0.278. The highest BCUT2D eigenvalue weighted by Crippen LogP contribution is 2.29. The number of nitrogens with one attached hydrogen (secondary N) is 1. The van der Waals surface area contributed by atoms with Crippen molar-refractivity contribution < 1.29 is 17.9 Å². The molecule has 140 valence electrons. The van der Waals surface area contributed by atoms with Crippen LogP contribution in [0.3, 0.4) is 0 Å². The topological polar surface area (TPSA) is 75.7 Å². The number of para-hydroxylation sites is 1. The van der Waals surface area contributed by atoms with E-state index in [9.17, 15) is 13.2 Å². The van der Waals surface area contributed by atoms with Gasteiger partial charge in [-0.2, -0.15) is 0 Å². The van der Waals surface area contributed by atoms with Crippen LogP contribution in [-0.4, -0.2) is 33.7 Å². The van der Waals surface area contributed by atoms with Crippen LogP contribution in [0.4, 0.5) is 11.4 Å². The van der Waals surface area contributed by atoms with Crippen LogP contribution in [0.25, 0.3) is 0 Å². The van der Waals surface area contributed by atoms with Crippen molar-refractivity contribution in [2.24, 2.45) is 0 Å². The van der Waals surface area contributed by atoms with Crippen molar-refractivity contribution >= 4 is 38.9 Å². The average Bonchev–Trinajstić information content (AvgIpc) is 2.59. The lowest BCUT2D eigenvalue weighted by molar-refractivity contribution is -0.117. The Bertz CT molecular complexity index is 872. The molecule has 0 saturated carbocycles. The van der Waals surface area contributed by atoms with Gasteiger partial charge in [-0.05, 0) is 36.8 Å². The van der Waals surface area contributed by atoms with E-state index in [2.05, 4.69) is 5.32 Å². The number of benzene rings is 2. The molecule has 1 atom stereocenters. The first-order valence-electron chi connectivity index (χ1n) is 7.96. The van der Waals surface area contributed by atoms with Crippen LogP contribution in [0.1, 0.15) is 13.3 Å². The third-order valence-corrected chi connectivity index (χ3v) is 5.17. The van der Waals surface area contributed by atoms with E-state index in [4.69, 9.17) is 16.3 Å². The first-order valence-corrected chi connectivity index (χ1v) is 10.2. The Morgan fingerprint density at radius 1 is 1.23 bits per heavy atom. The third kappa shape index (κ3) is 4.68. The van der Waals surface area contributed by atoms with Crippen LogP contribution < -0.4 is 14.4 Å². The Hall–Kier alpha value is -2.25. The molecule has 0 radical (unpaired) electrons. The number of rotatable bonds is 7. The highest BCUT2D eigenvalue weighted by atomic mass is 35.5. The molecule has 0 fully saturated rings. The number of hydrogen-bond donors (Lipinski definition) is 1. The number of methoxy groups -OCH3 is 1. The van der Waals surface area contributed by atoms with Crippen LogP contribution in [0.15, 0.2) is 48.5 Å². The molecule has 0 aromatic heterocycles. The van der Waals surface area contributed by atoms with Gasteiger partial charge in [0.2, 0.25) is 15.9 Å². The Balaban J connectivity index is 2.39. The molecule has 0 spiro atoms. The number of sulfonamides is 1. The second-order valence-electron chi connectivity index (χ2n) is 5.65. The molecule has 6 nitrogen and oxygen atoms in total. The van der Waals surface area contributed by atoms with E-state index in [0.29, 0.717) is 22.1 Å². The monoisotopic (exact) mass is 396 g/mol. The maximum atomic E-state index is 12.9. The summed E-state index contributed by atoms with van der Waals surface area (Å²) >= 11 is 5.99. The molecule has 2 rings (SSSR count). The molecule has 8 heteroatoms. The van der Waals surface area contributed by atoms with E-state index in [0.717, 1.165) is 10.6 Å². The van der Waals surface area contributed by atoms with Gasteiger partial charge < -0.3 is 10.1 Å². The fourth-order valence-corrected chi connectivity index (χ4v) is 4.01. The number of hydrogen-bond acceptors (Lipinski definition) is 4. The summed E-state index contributed by atoms with van der Waals surface area (Å²) < 4.78 is 31.1. The van der Waals surface area contributed by atoms with Crippen molar-refractivity contribution in [1.29, 1.82) is 0 Å². The van der Waals surface area contributed by atoms with Gasteiger partial charge in [-0.3, -0.25) is 9.10 Å². The Kier molecular flexibility index (Phi) is 6.50. The Morgan fingerprint density at radius 3 is 2.42 bits per heavy atom. The van der Waals surface area contributed by atoms with Gasteiger partial charge in [0.05, 0.1) is 24.7 Å². The average molecular weight is 397 g/mol. The lowest BCUT2D eigenvalue weighted by Crippen LogP contribution is -2.47. The third-order valence-electron chi connectivity index (χ3n) is 3.76. The van der Waals surface area contributed by atoms with Crippen LogP contribution in [0.2, 0.25) is 5.02 Å². The number of carbonyl (C=O) groups is 1. The summed E-state index contributed by atoms with van der Waals surface area (Å²) in [6, 6.07) is 12.4. The van der Waals surface area contributed by atoms with E-state index in [1.165, 1.54) is 7.11 Å². The van der Waals surface area contributed by atoms with Crippen molar-refractivity contribution in [3.63, 3.8) is 0 Å². The zero-order valence-corrected chi connectivity index (χ0v) is 16.3. The maximum absolute atomic E-state index is 12.9. The summed E-state index contributed by atoms with van der Waals surface area (Å²) in [6.07, 6.45) is 1.37. The minimum absolute atomic E-state index is 0.288.